The van der Waals surface area contributed by atoms with Gasteiger partial charge < -0.3 is 15.7 Å². The fourth-order valence-electron chi connectivity index (χ4n) is 2.92. The van der Waals surface area contributed by atoms with Crippen molar-refractivity contribution in [3.63, 3.8) is 0 Å². The molecule has 0 aliphatic carbocycles. The van der Waals surface area contributed by atoms with Gasteiger partial charge in [0.1, 0.15) is 0 Å². The van der Waals surface area contributed by atoms with Gasteiger partial charge in [0.2, 0.25) is 0 Å². The maximum Gasteiger partial charge on any atom is 0.416 e. The zero-order chi connectivity index (χ0) is 19.5. The second-order valence-electron chi connectivity index (χ2n) is 6.65. The molecule has 1 fully saturated rings. The molecule has 1 aromatic heterocycles. The zero-order valence-electron chi connectivity index (χ0n) is 14.9. The van der Waals surface area contributed by atoms with Gasteiger partial charge in [-0.05, 0) is 43.6 Å². The molecule has 1 aromatic carbocycles. The molecule has 2 heterocycles. The minimum Gasteiger partial charge on any atom is -0.388 e. The molecule has 0 bridgehead atoms. The van der Waals surface area contributed by atoms with Gasteiger partial charge in [0.05, 0.1) is 23.9 Å². The molecular weight excluding hydrogens is 399 g/mol. The molecule has 1 saturated heterocycles. The van der Waals surface area contributed by atoms with Gasteiger partial charge in [0, 0.05) is 6.54 Å². The predicted octanol–water partition coefficient (Wildman–Crippen LogP) is 1.76. The number of amides is 1. The van der Waals surface area contributed by atoms with Crippen LogP contribution in [-0.2, 0) is 19.3 Å². The maximum atomic E-state index is 12.5. The molecule has 2 aromatic rings. The predicted molar refractivity (Wildman–Crippen MR) is 96.9 cm³/mol. The Kier molecular flexibility index (Phi) is 7.02. The highest BCUT2D eigenvalue weighted by molar-refractivity contribution is 5.91. The average molecular weight is 420 g/mol. The Morgan fingerprint density at radius 3 is 2.50 bits per heavy atom. The molecule has 3 N–H and O–H groups in total. The first kappa shape index (κ1) is 22.1. The van der Waals surface area contributed by atoms with Gasteiger partial charge in [-0.25, -0.2) is 4.68 Å². The number of hydrogen-bond acceptors (Lipinski definition) is 5. The summed E-state index contributed by atoms with van der Waals surface area (Å²) in [5.41, 5.74) is -1.00. The highest BCUT2D eigenvalue weighted by atomic mass is 35.5. The number of rotatable bonds is 5. The quantitative estimate of drug-likeness (QED) is 0.687. The molecule has 0 radical (unpaired) electrons. The number of carbonyl (C=O) groups is 1. The van der Waals surface area contributed by atoms with Crippen molar-refractivity contribution in [3.8, 4) is 0 Å². The number of halogens is 4. The van der Waals surface area contributed by atoms with Gasteiger partial charge in [-0.3, -0.25) is 4.79 Å². The molecular formula is C17H21ClF3N5O2. The van der Waals surface area contributed by atoms with Crippen molar-refractivity contribution in [1.29, 1.82) is 0 Å². The minimum absolute atomic E-state index is 0. The molecule has 0 spiro atoms. The first-order chi connectivity index (χ1) is 12.8. The zero-order valence-corrected chi connectivity index (χ0v) is 15.7. The van der Waals surface area contributed by atoms with Crippen molar-refractivity contribution in [2.75, 3.05) is 13.1 Å². The Bertz CT molecular complexity index is 789. The monoisotopic (exact) mass is 419 g/mol. The highest BCUT2D eigenvalue weighted by Crippen LogP contribution is 2.29. The Morgan fingerprint density at radius 1 is 1.25 bits per heavy atom. The van der Waals surface area contributed by atoms with E-state index in [9.17, 15) is 23.1 Å². The van der Waals surface area contributed by atoms with Crippen LogP contribution in [0.15, 0.2) is 30.5 Å². The standard InChI is InChI=1S/C17H20F3N5O2.ClH/c18-17(19,20)13-3-1-12(2-4-13)9-22-15(26)14-10-25(24-23-14)11-16(27)5-7-21-8-6-16;/h1-4,10,21,27H,5-9,11H2,(H,22,26);1H. The van der Waals surface area contributed by atoms with Crippen molar-refractivity contribution in [3.05, 3.63) is 47.3 Å². The van der Waals surface area contributed by atoms with Gasteiger partial charge in [-0.1, -0.05) is 17.3 Å². The molecule has 1 amide bonds. The second kappa shape index (κ2) is 8.89. The summed E-state index contributed by atoms with van der Waals surface area (Å²) in [4.78, 5) is 12.2. The van der Waals surface area contributed by atoms with E-state index in [0.717, 1.165) is 12.1 Å². The fraction of sp³-hybridized carbons (Fsp3) is 0.471. The summed E-state index contributed by atoms with van der Waals surface area (Å²) in [6.45, 7) is 1.74. The van der Waals surface area contributed by atoms with Crippen LogP contribution in [0.3, 0.4) is 0 Å². The fourth-order valence-corrected chi connectivity index (χ4v) is 2.92. The van der Waals surface area contributed by atoms with E-state index in [1.807, 2.05) is 0 Å². The summed E-state index contributed by atoms with van der Waals surface area (Å²) in [6, 6.07) is 4.56. The van der Waals surface area contributed by atoms with Crippen molar-refractivity contribution >= 4 is 18.3 Å². The van der Waals surface area contributed by atoms with Gasteiger partial charge in [-0.2, -0.15) is 13.2 Å². The number of hydrogen-bond donors (Lipinski definition) is 3. The van der Waals surface area contributed by atoms with E-state index >= 15 is 0 Å². The van der Waals surface area contributed by atoms with Crippen LogP contribution in [-0.4, -0.2) is 44.7 Å². The molecule has 3 rings (SSSR count). The molecule has 1 aliphatic rings. The van der Waals surface area contributed by atoms with E-state index in [4.69, 9.17) is 0 Å². The summed E-state index contributed by atoms with van der Waals surface area (Å²) in [7, 11) is 0. The summed E-state index contributed by atoms with van der Waals surface area (Å²) < 4.78 is 39.1. The van der Waals surface area contributed by atoms with E-state index < -0.39 is 23.2 Å². The van der Waals surface area contributed by atoms with Crippen molar-refractivity contribution in [1.82, 2.24) is 25.6 Å². The van der Waals surface area contributed by atoms with Crippen LogP contribution in [0.4, 0.5) is 13.2 Å². The minimum atomic E-state index is -4.39. The van der Waals surface area contributed by atoms with Crippen LogP contribution in [0.5, 0.6) is 0 Å². The Morgan fingerprint density at radius 2 is 1.89 bits per heavy atom. The molecule has 28 heavy (non-hydrogen) atoms. The van der Waals surface area contributed by atoms with Crippen LogP contribution >= 0.6 is 12.4 Å². The first-order valence-electron chi connectivity index (χ1n) is 8.53. The lowest BCUT2D eigenvalue weighted by Crippen LogP contribution is -2.44. The van der Waals surface area contributed by atoms with E-state index in [1.165, 1.54) is 23.0 Å². The van der Waals surface area contributed by atoms with Crippen LogP contribution in [0.25, 0.3) is 0 Å². The van der Waals surface area contributed by atoms with Gasteiger partial charge in [-0.15, -0.1) is 17.5 Å². The molecule has 1 aliphatic heterocycles. The normalized spacial score (nSPS) is 16.3. The number of aliphatic hydroxyl groups is 1. The smallest absolute Gasteiger partial charge is 0.388 e. The van der Waals surface area contributed by atoms with E-state index in [1.54, 1.807) is 0 Å². The summed E-state index contributed by atoms with van der Waals surface area (Å²) in [5.74, 6) is -0.488. The topological polar surface area (TPSA) is 92.1 Å². The number of aromatic nitrogens is 3. The maximum absolute atomic E-state index is 12.5. The third-order valence-corrected chi connectivity index (χ3v) is 4.50. The molecule has 11 heteroatoms. The Balaban J connectivity index is 0.00000280. The summed E-state index contributed by atoms with van der Waals surface area (Å²) in [5, 5.41) is 23.9. The van der Waals surface area contributed by atoms with Gasteiger partial charge in [0.15, 0.2) is 5.69 Å². The third-order valence-electron chi connectivity index (χ3n) is 4.50. The van der Waals surface area contributed by atoms with E-state index in [2.05, 4.69) is 20.9 Å². The van der Waals surface area contributed by atoms with Gasteiger partial charge in [0.25, 0.3) is 5.91 Å². The van der Waals surface area contributed by atoms with Crippen LogP contribution in [0.1, 0.15) is 34.5 Å². The molecule has 154 valence electrons. The first-order valence-corrected chi connectivity index (χ1v) is 8.53. The number of piperidine rings is 1. The second-order valence-corrected chi connectivity index (χ2v) is 6.65. The average Bonchev–Trinajstić information content (AvgIpc) is 3.07. The van der Waals surface area contributed by atoms with E-state index in [0.29, 0.717) is 31.5 Å². The molecule has 0 saturated carbocycles. The van der Waals surface area contributed by atoms with Crippen molar-refractivity contribution < 1.29 is 23.1 Å². The number of nitrogens with zero attached hydrogens (tertiary/aromatic N) is 3. The molecule has 0 unspecified atom stereocenters. The van der Waals surface area contributed by atoms with E-state index in [-0.39, 0.29) is 31.2 Å². The largest absolute Gasteiger partial charge is 0.416 e. The Labute approximate surface area is 165 Å². The number of benzene rings is 1. The summed E-state index contributed by atoms with van der Waals surface area (Å²) >= 11 is 0. The molecule has 0 atom stereocenters. The lowest BCUT2D eigenvalue weighted by atomic mass is 9.92. The van der Waals surface area contributed by atoms with Crippen LogP contribution in [0.2, 0.25) is 0 Å². The van der Waals surface area contributed by atoms with Crippen molar-refractivity contribution in [2.45, 2.75) is 37.7 Å². The van der Waals surface area contributed by atoms with Gasteiger partial charge >= 0.3 is 6.18 Å². The number of alkyl halides is 3. The summed E-state index contributed by atoms with van der Waals surface area (Å²) in [6.07, 6.45) is -1.77. The highest BCUT2D eigenvalue weighted by Gasteiger charge is 2.31. The molecule has 7 nitrogen and oxygen atoms in total. The number of carbonyl (C=O) groups excluding carboxylic acids is 1. The van der Waals surface area contributed by atoms with Crippen LogP contribution in [0, 0.1) is 0 Å². The number of nitrogens with one attached hydrogen (secondary N) is 2. The Hall–Kier alpha value is -2.17. The van der Waals surface area contributed by atoms with Crippen molar-refractivity contribution in [2.24, 2.45) is 0 Å². The SMILES string of the molecule is Cl.O=C(NCc1ccc(C(F)(F)F)cc1)c1cn(CC2(O)CCNCC2)nn1. The third kappa shape index (κ3) is 5.66. The van der Waals surface area contributed by atoms with Crippen LogP contribution < -0.4 is 10.6 Å². The lowest BCUT2D eigenvalue weighted by molar-refractivity contribution is -0.137. The lowest BCUT2D eigenvalue weighted by Gasteiger charge is -2.32.